The van der Waals surface area contributed by atoms with Gasteiger partial charge in [-0.05, 0) is 43.3 Å². The lowest BCUT2D eigenvalue weighted by Gasteiger charge is -2.32. The Morgan fingerprint density at radius 2 is 1.96 bits per heavy atom. The molecule has 1 unspecified atom stereocenters. The van der Waals surface area contributed by atoms with Crippen molar-refractivity contribution in [1.29, 1.82) is 0 Å². The second kappa shape index (κ2) is 7.51. The number of nitrogens with one attached hydrogen (secondary N) is 1. The number of ether oxygens (including phenoxy) is 1. The normalized spacial score (nSPS) is 15.7. The Morgan fingerprint density at radius 3 is 2.71 bits per heavy atom. The van der Waals surface area contributed by atoms with Crippen molar-refractivity contribution >= 4 is 23.2 Å². The molecule has 3 aromatic rings. The molecule has 8 heteroatoms. The van der Waals surface area contributed by atoms with Gasteiger partial charge in [0.15, 0.2) is 6.10 Å². The molecule has 0 fully saturated rings. The third-order valence-corrected chi connectivity index (χ3v) is 4.47. The lowest BCUT2D eigenvalue weighted by molar-refractivity contribution is -0.125. The molecule has 142 valence electrons. The maximum absolute atomic E-state index is 12.5. The molecular formula is C20H19N5O3. The highest BCUT2D eigenvalue weighted by atomic mass is 16.5. The van der Waals surface area contributed by atoms with Crippen molar-refractivity contribution in [2.75, 3.05) is 16.8 Å². The molecule has 0 aliphatic carbocycles. The largest absolute Gasteiger partial charge is 0.479 e. The standard InChI is InChI=1S/C20H19N5O3/c1-14-20(27)24(17-4-2-3-5-18(17)28-14)11-10-19(26)23-15-6-8-16(9-7-15)25-13-21-12-22-25/h2-9,12-14H,10-11H2,1H3,(H,23,26). The summed E-state index contributed by atoms with van der Waals surface area (Å²) >= 11 is 0. The molecule has 8 nitrogen and oxygen atoms in total. The van der Waals surface area contributed by atoms with E-state index >= 15 is 0 Å². The molecule has 1 N–H and O–H groups in total. The Labute approximate surface area is 161 Å². The molecule has 1 aliphatic rings. The highest BCUT2D eigenvalue weighted by molar-refractivity contribution is 6.00. The molecule has 1 aliphatic heterocycles. The van der Waals surface area contributed by atoms with Crippen LogP contribution >= 0.6 is 0 Å². The van der Waals surface area contributed by atoms with Gasteiger partial charge in [-0.2, -0.15) is 5.10 Å². The minimum atomic E-state index is -0.567. The molecule has 4 rings (SSSR count). The van der Waals surface area contributed by atoms with Crippen molar-refractivity contribution in [3.05, 3.63) is 61.2 Å². The average molecular weight is 377 g/mol. The summed E-state index contributed by atoms with van der Waals surface area (Å²) in [6.07, 6.45) is 2.67. The van der Waals surface area contributed by atoms with Crippen molar-refractivity contribution in [3.8, 4) is 11.4 Å². The van der Waals surface area contributed by atoms with Crippen molar-refractivity contribution in [1.82, 2.24) is 14.8 Å². The quantitative estimate of drug-likeness (QED) is 0.738. The van der Waals surface area contributed by atoms with Crippen molar-refractivity contribution in [3.63, 3.8) is 0 Å². The predicted octanol–water partition coefficient (Wildman–Crippen LogP) is 2.41. The van der Waals surface area contributed by atoms with Gasteiger partial charge in [-0.1, -0.05) is 12.1 Å². The number of hydrogen-bond acceptors (Lipinski definition) is 5. The summed E-state index contributed by atoms with van der Waals surface area (Å²) in [6, 6.07) is 14.6. The van der Waals surface area contributed by atoms with Gasteiger partial charge in [0, 0.05) is 18.7 Å². The zero-order valence-electron chi connectivity index (χ0n) is 15.3. The lowest BCUT2D eigenvalue weighted by Crippen LogP contribution is -2.45. The lowest BCUT2D eigenvalue weighted by atomic mass is 10.1. The number of nitrogens with zero attached hydrogens (tertiary/aromatic N) is 4. The Kier molecular flexibility index (Phi) is 4.76. The van der Waals surface area contributed by atoms with Crippen molar-refractivity contribution in [2.45, 2.75) is 19.4 Å². The van der Waals surface area contributed by atoms with E-state index in [9.17, 15) is 9.59 Å². The van der Waals surface area contributed by atoms with E-state index in [-0.39, 0.29) is 24.8 Å². The SMILES string of the molecule is CC1Oc2ccccc2N(CCC(=O)Nc2ccc(-n3cncn3)cc2)C1=O. The molecule has 0 bridgehead atoms. The topological polar surface area (TPSA) is 89.3 Å². The minimum Gasteiger partial charge on any atom is -0.479 e. The first-order valence-electron chi connectivity index (χ1n) is 8.94. The van der Waals surface area contributed by atoms with Crippen molar-refractivity contribution in [2.24, 2.45) is 0 Å². The van der Waals surface area contributed by atoms with E-state index < -0.39 is 6.10 Å². The smallest absolute Gasteiger partial charge is 0.267 e. The molecule has 2 heterocycles. The van der Waals surface area contributed by atoms with Crippen LogP contribution in [0.25, 0.3) is 5.69 Å². The Bertz CT molecular complexity index is 985. The van der Waals surface area contributed by atoms with E-state index in [1.807, 2.05) is 36.4 Å². The number of para-hydroxylation sites is 2. The van der Waals surface area contributed by atoms with Gasteiger partial charge < -0.3 is 15.0 Å². The van der Waals surface area contributed by atoms with Crippen LogP contribution in [0.3, 0.4) is 0 Å². The fourth-order valence-electron chi connectivity index (χ4n) is 3.07. The van der Waals surface area contributed by atoms with E-state index in [0.29, 0.717) is 17.1 Å². The molecule has 1 atom stereocenters. The molecule has 2 amide bonds. The highest BCUT2D eigenvalue weighted by Gasteiger charge is 2.31. The van der Waals surface area contributed by atoms with Crippen LogP contribution < -0.4 is 15.0 Å². The Balaban J connectivity index is 1.39. The number of rotatable bonds is 5. The van der Waals surface area contributed by atoms with E-state index in [2.05, 4.69) is 15.4 Å². The van der Waals surface area contributed by atoms with Crippen molar-refractivity contribution < 1.29 is 14.3 Å². The average Bonchev–Trinajstić information content (AvgIpc) is 3.24. The first-order chi connectivity index (χ1) is 13.6. The number of carbonyl (C=O) groups excluding carboxylic acids is 2. The summed E-state index contributed by atoms with van der Waals surface area (Å²) in [5.74, 6) is 0.334. The Morgan fingerprint density at radius 1 is 1.18 bits per heavy atom. The summed E-state index contributed by atoms with van der Waals surface area (Å²) in [7, 11) is 0. The van der Waals surface area contributed by atoms with Crippen LogP contribution in [0.1, 0.15) is 13.3 Å². The minimum absolute atomic E-state index is 0.149. The number of fused-ring (bicyclic) bond motifs is 1. The second-order valence-corrected chi connectivity index (χ2v) is 6.40. The third-order valence-electron chi connectivity index (χ3n) is 4.47. The van der Waals surface area contributed by atoms with E-state index in [1.54, 1.807) is 35.0 Å². The monoisotopic (exact) mass is 377 g/mol. The third kappa shape index (κ3) is 3.57. The number of aromatic nitrogens is 3. The predicted molar refractivity (Wildman–Crippen MR) is 103 cm³/mol. The van der Waals surface area contributed by atoms with Crippen LogP contribution in [0.5, 0.6) is 5.75 Å². The van der Waals surface area contributed by atoms with Crippen LogP contribution in [0.15, 0.2) is 61.2 Å². The summed E-state index contributed by atoms with van der Waals surface area (Å²) in [5, 5.41) is 6.91. The molecule has 0 saturated heterocycles. The number of hydrogen-bond donors (Lipinski definition) is 1. The summed E-state index contributed by atoms with van der Waals surface area (Å²) < 4.78 is 7.25. The van der Waals surface area contributed by atoms with Gasteiger partial charge in [0.05, 0.1) is 11.4 Å². The zero-order chi connectivity index (χ0) is 19.5. The van der Waals surface area contributed by atoms with E-state index in [4.69, 9.17) is 4.74 Å². The number of benzene rings is 2. The van der Waals surface area contributed by atoms with Crippen LogP contribution in [0, 0.1) is 0 Å². The summed E-state index contributed by atoms with van der Waals surface area (Å²) in [5.41, 5.74) is 2.21. The maximum Gasteiger partial charge on any atom is 0.267 e. The van der Waals surface area contributed by atoms with Gasteiger partial charge in [-0.25, -0.2) is 9.67 Å². The molecule has 2 aromatic carbocycles. The van der Waals surface area contributed by atoms with Gasteiger partial charge in [0.2, 0.25) is 5.91 Å². The highest BCUT2D eigenvalue weighted by Crippen LogP contribution is 2.33. The first-order valence-corrected chi connectivity index (χ1v) is 8.94. The molecule has 28 heavy (non-hydrogen) atoms. The van der Waals surface area contributed by atoms with E-state index in [0.717, 1.165) is 5.69 Å². The van der Waals surface area contributed by atoms with E-state index in [1.165, 1.54) is 6.33 Å². The van der Waals surface area contributed by atoms with Gasteiger partial charge in [-0.15, -0.1) is 0 Å². The van der Waals surface area contributed by atoms with Gasteiger partial charge in [0.25, 0.3) is 5.91 Å². The summed E-state index contributed by atoms with van der Waals surface area (Å²) in [4.78, 5) is 30.3. The molecule has 0 saturated carbocycles. The maximum atomic E-state index is 12.5. The van der Waals surface area contributed by atoms with Crippen LogP contribution in [-0.2, 0) is 9.59 Å². The zero-order valence-corrected chi connectivity index (χ0v) is 15.3. The molecule has 1 aromatic heterocycles. The van der Waals surface area contributed by atoms with Gasteiger partial charge in [0.1, 0.15) is 18.4 Å². The molecule has 0 radical (unpaired) electrons. The second-order valence-electron chi connectivity index (χ2n) is 6.40. The fraction of sp³-hybridized carbons (Fsp3) is 0.200. The number of carbonyl (C=O) groups is 2. The first kappa shape index (κ1) is 17.7. The Hall–Kier alpha value is -3.68. The molecule has 0 spiro atoms. The molecular weight excluding hydrogens is 358 g/mol. The van der Waals surface area contributed by atoms with Crippen LogP contribution in [0.4, 0.5) is 11.4 Å². The van der Waals surface area contributed by atoms with Crippen LogP contribution in [-0.4, -0.2) is 39.2 Å². The van der Waals surface area contributed by atoms with Crippen LogP contribution in [0.2, 0.25) is 0 Å². The summed E-state index contributed by atoms with van der Waals surface area (Å²) in [6.45, 7) is 1.99. The fourth-order valence-corrected chi connectivity index (χ4v) is 3.07. The van der Waals surface area contributed by atoms with Gasteiger partial charge in [-0.3, -0.25) is 9.59 Å². The van der Waals surface area contributed by atoms with Gasteiger partial charge >= 0.3 is 0 Å². The number of anilines is 2. The number of amides is 2.